The van der Waals surface area contributed by atoms with Gasteiger partial charge in [0.1, 0.15) is 0 Å². The SMILES string of the molecule is Cc1cc(C2NCCOC23CCC3)cs1. The van der Waals surface area contributed by atoms with Gasteiger partial charge in [0.05, 0.1) is 18.2 Å². The number of hydrogen-bond donors (Lipinski definition) is 1. The van der Waals surface area contributed by atoms with E-state index in [9.17, 15) is 0 Å². The molecule has 1 unspecified atom stereocenters. The quantitative estimate of drug-likeness (QED) is 0.790. The Bertz CT molecular complexity index is 356. The largest absolute Gasteiger partial charge is 0.372 e. The van der Waals surface area contributed by atoms with Gasteiger partial charge >= 0.3 is 0 Å². The van der Waals surface area contributed by atoms with E-state index in [-0.39, 0.29) is 5.60 Å². The fraction of sp³-hybridized carbons (Fsp3) is 0.667. The molecule has 1 aliphatic heterocycles. The molecule has 0 bridgehead atoms. The van der Waals surface area contributed by atoms with Crippen LogP contribution in [0.1, 0.15) is 35.7 Å². The fourth-order valence-corrected chi connectivity index (χ4v) is 3.45. The minimum absolute atomic E-state index is 0.131. The lowest BCUT2D eigenvalue weighted by molar-refractivity contribution is -0.146. The highest BCUT2D eigenvalue weighted by atomic mass is 32.1. The van der Waals surface area contributed by atoms with Gasteiger partial charge in [0.25, 0.3) is 0 Å². The van der Waals surface area contributed by atoms with Gasteiger partial charge in [-0.15, -0.1) is 11.3 Å². The molecule has 1 atom stereocenters. The molecule has 2 fully saturated rings. The van der Waals surface area contributed by atoms with Crippen LogP contribution in [-0.2, 0) is 4.74 Å². The molecule has 2 heterocycles. The Balaban J connectivity index is 1.89. The van der Waals surface area contributed by atoms with Crippen LogP contribution < -0.4 is 5.32 Å². The van der Waals surface area contributed by atoms with E-state index in [1.165, 1.54) is 29.7 Å². The molecule has 1 aliphatic carbocycles. The first-order chi connectivity index (χ1) is 7.30. The average molecular weight is 223 g/mol. The molecule has 0 aromatic carbocycles. The Morgan fingerprint density at radius 2 is 2.40 bits per heavy atom. The zero-order valence-corrected chi connectivity index (χ0v) is 9.90. The maximum Gasteiger partial charge on any atom is 0.0877 e. The second kappa shape index (κ2) is 3.58. The molecule has 1 saturated heterocycles. The average Bonchev–Trinajstić information content (AvgIpc) is 2.62. The summed E-state index contributed by atoms with van der Waals surface area (Å²) in [6, 6.07) is 2.74. The zero-order chi connectivity index (χ0) is 10.3. The Morgan fingerprint density at radius 3 is 3.00 bits per heavy atom. The summed E-state index contributed by atoms with van der Waals surface area (Å²) in [5.74, 6) is 0. The second-order valence-corrected chi connectivity index (χ2v) is 5.76. The minimum atomic E-state index is 0.131. The number of hydrogen-bond acceptors (Lipinski definition) is 3. The predicted octanol–water partition coefficient (Wildman–Crippen LogP) is 2.64. The zero-order valence-electron chi connectivity index (χ0n) is 9.08. The standard InChI is InChI=1S/C12H17NOS/c1-9-7-10(8-15-9)11-12(3-2-4-12)14-6-5-13-11/h7-8,11,13H,2-6H2,1H3. The third-order valence-corrected chi connectivity index (χ3v) is 4.53. The molecule has 3 heteroatoms. The normalized spacial score (nSPS) is 29.0. The number of thiophene rings is 1. The molecule has 0 radical (unpaired) electrons. The maximum atomic E-state index is 6.02. The first-order valence-corrected chi connectivity index (χ1v) is 6.60. The lowest BCUT2D eigenvalue weighted by Gasteiger charge is -2.50. The first kappa shape index (κ1) is 9.82. The van der Waals surface area contributed by atoms with Crippen LogP contribution in [0.2, 0.25) is 0 Å². The van der Waals surface area contributed by atoms with Gasteiger partial charge in [0, 0.05) is 11.4 Å². The van der Waals surface area contributed by atoms with Gasteiger partial charge in [-0.3, -0.25) is 0 Å². The number of morpholine rings is 1. The summed E-state index contributed by atoms with van der Waals surface area (Å²) < 4.78 is 6.02. The van der Waals surface area contributed by atoms with Crippen LogP contribution in [0.4, 0.5) is 0 Å². The van der Waals surface area contributed by atoms with E-state index in [2.05, 4.69) is 23.7 Å². The number of ether oxygens (including phenoxy) is 1. The third kappa shape index (κ3) is 1.53. The molecule has 1 saturated carbocycles. The van der Waals surface area contributed by atoms with Crippen LogP contribution in [-0.4, -0.2) is 18.8 Å². The van der Waals surface area contributed by atoms with Crippen LogP contribution in [0.5, 0.6) is 0 Å². The van der Waals surface area contributed by atoms with Crippen molar-refractivity contribution in [2.24, 2.45) is 0 Å². The number of aryl methyl sites for hydroxylation is 1. The van der Waals surface area contributed by atoms with Gasteiger partial charge in [-0.25, -0.2) is 0 Å². The number of nitrogens with one attached hydrogen (secondary N) is 1. The van der Waals surface area contributed by atoms with Crippen molar-refractivity contribution < 1.29 is 4.74 Å². The Kier molecular flexibility index (Phi) is 2.34. The summed E-state index contributed by atoms with van der Waals surface area (Å²) in [6.07, 6.45) is 3.76. The molecule has 1 aromatic heterocycles. The fourth-order valence-electron chi connectivity index (χ4n) is 2.72. The molecule has 1 aromatic rings. The summed E-state index contributed by atoms with van der Waals surface area (Å²) in [5, 5.41) is 5.90. The summed E-state index contributed by atoms with van der Waals surface area (Å²) in [4.78, 5) is 1.40. The molecule has 3 rings (SSSR count). The maximum absolute atomic E-state index is 6.02. The molecule has 1 N–H and O–H groups in total. The molecule has 82 valence electrons. The summed E-state index contributed by atoms with van der Waals surface area (Å²) >= 11 is 1.84. The Hall–Kier alpha value is -0.380. The lowest BCUT2D eigenvalue weighted by atomic mass is 9.72. The van der Waals surface area contributed by atoms with Crippen molar-refractivity contribution in [3.63, 3.8) is 0 Å². The summed E-state index contributed by atoms with van der Waals surface area (Å²) in [5.41, 5.74) is 1.56. The predicted molar refractivity (Wildman–Crippen MR) is 62.3 cm³/mol. The lowest BCUT2D eigenvalue weighted by Crippen LogP contribution is -2.56. The van der Waals surface area contributed by atoms with Gasteiger partial charge in [-0.05, 0) is 43.2 Å². The van der Waals surface area contributed by atoms with Crippen molar-refractivity contribution in [3.05, 3.63) is 21.9 Å². The summed E-state index contributed by atoms with van der Waals surface area (Å²) in [7, 11) is 0. The highest BCUT2D eigenvalue weighted by Gasteiger charge is 2.47. The van der Waals surface area contributed by atoms with Gasteiger partial charge in [0.2, 0.25) is 0 Å². The van der Waals surface area contributed by atoms with E-state index in [1.807, 2.05) is 11.3 Å². The van der Waals surface area contributed by atoms with Crippen molar-refractivity contribution >= 4 is 11.3 Å². The minimum Gasteiger partial charge on any atom is -0.372 e. The highest BCUT2D eigenvalue weighted by molar-refractivity contribution is 7.10. The van der Waals surface area contributed by atoms with Crippen molar-refractivity contribution in [1.82, 2.24) is 5.32 Å². The molecule has 2 nitrogen and oxygen atoms in total. The van der Waals surface area contributed by atoms with Crippen molar-refractivity contribution in [2.75, 3.05) is 13.2 Å². The second-order valence-electron chi connectivity index (χ2n) is 4.64. The smallest absolute Gasteiger partial charge is 0.0877 e. The van der Waals surface area contributed by atoms with E-state index in [4.69, 9.17) is 4.74 Å². The molecular formula is C12H17NOS. The molecule has 15 heavy (non-hydrogen) atoms. The van der Waals surface area contributed by atoms with Gasteiger partial charge in [-0.2, -0.15) is 0 Å². The Morgan fingerprint density at radius 1 is 1.53 bits per heavy atom. The monoisotopic (exact) mass is 223 g/mol. The Labute approximate surface area is 94.6 Å². The van der Waals surface area contributed by atoms with Crippen molar-refractivity contribution in [1.29, 1.82) is 0 Å². The molecule has 0 amide bonds. The van der Waals surface area contributed by atoms with E-state index in [0.717, 1.165) is 13.2 Å². The summed E-state index contributed by atoms with van der Waals surface area (Å²) in [6.45, 7) is 4.03. The highest BCUT2D eigenvalue weighted by Crippen LogP contribution is 2.47. The molecule has 1 spiro atoms. The molecular weight excluding hydrogens is 206 g/mol. The number of rotatable bonds is 1. The van der Waals surface area contributed by atoms with Crippen LogP contribution in [0, 0.1) is 6.92 Å². The van der Waals surface area contributed by atoms with Crippen molar-refractivity contribution in [3.8, 4) is 0 Å². The molecule has 2 aliphatic rings. The van der Waals surface area contributed by atoms with Crippen LogP contribution in [0.25, 0.3) is 0 Å². The van der Waals surface area contributed by atoms with Crippen LogP contribution in [0.3, 0.4) is 0 Å². The van der Waals surface area contributed by atoms with E-state index in [1.54, 1.807) is 0 Å². The van der Waals surface area contributed by atoms with Crippen molar-refractivity contribution in [2.45, 2.75) is 37.8 Å². The van der Waals surface area contributed by atoms with Gasteiger partial charge < -0.3 is 10.1 Å². The van der Waals surface area contributed by atoms with E-state index < -0.39 is 0 Å². The van der Waals surface area contributed by atoms with Gasteiger partial charge in [0.15, 0.2) is 0 Å². The third-order valence-electron chi connectivity index (χ3n) is 3.65. The van der Waals surface area contributed by atoms with Gasteiger partial charge in [-0.1, -0.05) is 0 Å². The topological polar surface area (TPSA) is 21.3 Å². The first-order valence-electron chi connectivity index (χ1n) is 5.73. The van der Waals surface area contributed by atoms with E-state index >= 15 is 0 Å². The van der Waals surface area contributed by atoms with E-state index in [0.29, 0.717) is 6.04 Å². The van der Waals surface area contributed by atoms with Crippen LogP contribution >= 0.6 is 11.3 Å². The van der Waals surface area contributed by atoms with Crippen LogP contribution in [0.15, 0.2) is 11.4 Å².